The molecule has 1 radical (unpaired) electrons. The van der Waals surface area contributed by atoms with Crippen molar-refractivity contribution in [1.82, 2.24) is 0 Å². The van der Waals surface area contributed by atoms with Gasteiger partial charge in [-0.2, -0.15) is 0 Å². The third kappa shape index (κ3) is 31.9. The Kier molecular flexibility index (Phi) is 30.5. The molecule has 0 atom stereocenters. The monoisotopic (exact) mass is 259 g/mol. The first-order chi connectivity index (χ1) is 6.83. The Labute approximate surface area is 103 Å². The molecule has 0 fully saturated rings. The van der Waals surface area contributed by atoms with E-state index in [1.807, 2.05) is 13.8 Å². The second-order valence-electron chi connectivity index (χ2n) is 2.11. The van der Waals surface area contributed by atoms with Crippen LogP contribution in [0.5, 0.6) is 0 Å². The van der Waals surface area contributed by atoms with E-state index in [0.717, 1.165) is 13.1 Å². The quantitative estimate of drug-likeness (QED) is 0.544. The molecule has 0 aromatic heterocycles. The van der Waals surface area contributed by atoms with Gasteiger partial charge in [0.2, 0.25) is 0 Å². The van der Waals surface area contributed by atoms with E-state index in [0.29, 0.717) is 0 Å². The zero-order valence-electron chi connectivity index (χ0n) is 9.81. The molecule has 0 aliphatic rings. The van der Waals surface area contributed by atoms with Crippen molar-refractivity contribution in [1.29, 1.82) is 0 Å². The minimum absolute atomic E-state index is 0. The molecule has 91 valence electrons. The van der Waals surface area contributed by atoms with Gasteiger partial charge in [-0.1, -0.05) is 0 Å². The van der Waals surface area contributed by atoms with Crippen molar-refractivity contribution < 1.29 is 17.1 Å². The largest absolute Gasteiger partial charge is 0.295 e. The number of aliphatic imine (C=N–C) groups is 4. The molecule has 0 saturated carbocycles. The second kappa shape index (κ2) is 23.2. The Bertz CT molecular complexity index is 176. The maximum atomic E-state index is 3.94. The van der Waals surface area contributed by atoms with Crippen LogP contribution in [-0.2, 0) is 17.1 Å². The normalized spacial score (nSPS) is 10.9. The van der Waals surface area contributed by atoms with Crippen molar-refractivity contribution in [3.8, 4) is 0 Å². The van der Waals surface area contributed by atoms with Crippen molar-refractivity contribution in [3.05, 3.63) is 0 Å². The standard InChI is InChI=1S/C6H12N2.C4H8N2.Cu/c1-3-7-5-6-8-4-2;1-5-3-4-6-2;/h5-6H,3-4H2,1-2H3;3-4H,1-2H3;. The molecule has 0 bridgehead atoms. The minimum Gasteiger partial charge on any atom is -0.295 e. The van der Waals surface area contributed by atoms with Crippen LogP contribution in [0.1, 0.15) is 13.8 Å². The molecule has 0 aliphatic carbocycles. The van der Waals surface area contributed by atoms with Crippen molar-refractivity contribution in [2.75, 3.05) is 27.2 Å². The molecule has 0 N–H and O–H groups in total. The van der Waals surface area contributed by atoms with Gasteiger partial charge in [-0.3, -0.25) is 20.0 Å². The summed E-state index contributed by atoms with van der Waals surface area (Å²) in [7, 11) is 3.42. The molecule has 0 unspecified atom stereocenters. The summed E-state index contributed by atoms with van der Waals surface area (Å²) in [5, 5.41) is 0. The van der Waals surface area contributed by atoms with Gasteiger partial charge in [-0.05, 0) is 13.8 Å². The molecule has 0 aliphatic heterocycles. The van der Waals surface area contributed by atoms with Crippen LogP contribution >= 0.6 is 0 Å². The van der Waals surface area contributed by atoms with Crippen LogP contribution in [0.3, 0.4) is 0 Å². The summed E-state index contributed by atoms with van der Waals surface area (Å²) >= 11 is 0. The van der Waals surface area contributed by atoms with Crippen molar-refractivity contribution >= 4 is 24.9 Å². The average molecular weight is 260 g/mol. The third-order valence-electron chi connectivity index (χ3n) is 1.01. The first-order valence-corrected chi connectivity index (χ1v) is 4.64. The topological polar surface area (TPSA) is 49.4 Å². The van der Waals surface area contributed by atoms with E-state index < -0.39 is 0 Å². The molecule has 0 heterocycles. The summed E-state index contributed by atoms with van der Waals surface area (Å²) in [6.07, 6.45) is 6.73. The third-order valence-corrected chi connectivity index (χ3v) is 1.01. The van der Waals surface area contributed by atoms with Gasteiger partial charge in [0.15, 0.2) is 0 Å². The Morgan fingerprint density at radius 3 is 1.27 bits per heavy atom. The first kappa shape index (κ1) is 19.7. The summed E-state index contributed by atoms with van der Waals surface area (Å²) in [6.45, 7) is 5.68. The Hall–Kier alpha value is -0.801. The van der Waals surface area contributed by atoms with Crippen LogP contribution in [0, 0.1) is 0 Å². The average Bonchev–Trinajstić information content (AvgIpc) is 2.22. The Morgan fingerprint density at radius 2 is 1.07 bits per heavy atom. The summed E-state index contributed by atoms with van der Waals surface area (Å²) in [4.78, 5) is 15.2. The molecular weight excluding hydrogens is 240 g/mol. The molecule has 15 heavy (non-hydrogen) atoms. The zero-order chi connectivity index (χ0) is 11.1. The number of rotatable bonds is 4. The summed E-state index contributed by atoms with van der Waals surface area (Å²) in [6, 6.07) is 0. The summed E-state index contributed by atoms with van der Waals surface area (Å²) in [5.41, 5.74) is 0. The minimum atomic E-state index is 0. The number of hydrogen-bond acceptors (Lipinski definition) is 4. The van der Waals surface area contributed by atoms with E-state index in [2.05, 4.69) is 20.0 Å². The molecule has 4 nitrogen and oxygen atoms in total. The van der Waals surface area contributed by atoms with Crippen LogP contribution in [0.25, 0.3) is 0 Å². The van der Waals surface area contributed by atoms with E-state index in [1.165, 1.54) is 0 Å². The van der Waals surface area contributed by atoms with Crippen LogP contribution in [0.2, 0.25) is 0 Å². The smallest absolute Gasteiger partial charge is 0.0390 e. The fraction of sp³-hybridized carbons (Fsp3) is 0.600. The van der Waals surface area contributed by atoms with Crippen LogP contribution < -0.4 is 0 Å². The molecule has 0 amide bonds. The fourth-order valence-corrected chi connectivity index (χ4v) is 0.438. The molecular formula is C10H20CuN4. The fourth-order valence-electron chi connectivity index (χ4n) is 0.438. The molecule has 5 heteroatoms. The Morgan fingerprint density at radius 1 is 0.733 bits per heavy atom. The van der Waals surface area contributed by atoms with E-state index in [-0.39, 0.29) is 17.1 Å². The van der Waals surface area contributed by atoms with E-state index in [9.17, 15) is 0 Å². The van der Waals surface area contributed by atoms with E-state index >= 15 is 0 Å². The van der Waals surface area contributed by atoms with Crippen LogP contribution in [0.15, 0.2) is 20.0 Å². The second-order valence-corrected chi connectivity index (χ2v) is 2.11. The SMILES string of the molecule is CCN=CC=NCC.CN=CC=NC.[Cu]. The van der Waals surface area contributed by atoms with Crippen molar-refractivity contribution in [2.45, 2.75) is 13.8 Å². The zero-order valence-corrected chi connectivity index (χ0v) is 10.8. The van der Waals surface area contributed by atoms with Gasteiger partial charge >= 0.3 is 0 Å². The van der Waals surface area contributed by atoms with Gasteiger partial charge in [0.25, 0.3) is 0 Å². The first-order valence-electron chi connectivity index (χ1n) is 4.64. The van der Waals surface area contributed by atoms with E-state index in [4.69, 9.17) is 0 Å². The van der Waals surface area contributed by atoms with E-state index in [1.54, 1.807) is 39.0 Å². The van der Waals surface area contributed by atoms with Gasteiger partial charge in [0, 0.05) is 69.1 Å². The number of nitrogens with zero attached hydrogens (tertiary/aromatic N) is 4. The number of hydrogen-bond donors (Lipinski definition) is 0. The van der Waals surface area contributed by atoms with Gasteiger partial charge in [0.05, 0.1) is 0 Å². The summed E-state index contributed by atoms with van der Waals surface area (Å²) in [5.74, 6) is 0. The molecule has 0 spiro atoms. The van der Waals surface area contributed by atoms with Crippen LogP contribution in [-0.4, -0.2) is 52.0 Å². The van der Waals surface area contributed by atoms with Crippen molar-refractivity contribution in [2.24, 2.45) is 20.0 Å². The van der Waals surface area contributed by atoms with Gasteiger partial charge in [0.1, 0.15) is 0 Å². The predicted octanol–water partition coefficient (Wildman–Crippen LogP) is 1.55. The molecule has 0 aromatic carbocycles. The molecule has 0 aromatic rings. The van der Waals surface area contributed by atoms with Crippen LogP contribution in [0.4, 0.5) is 0 Å². The van der Waals surface area contributed by atoms with Gasteiger partial charge in [-0.15, -0.1) is 0 Å². The Balaban J connectivity index is -0.000000187. The molecule has 0 rings (SSSR count). The molecule has 0 saturated heterocycles. The summed E-state index contributed by atoms with van der Waals surface area (Å²) < 4.78 is 0. The maximum Gasteiger partial charge on any atom is 0.0390 e. The maximum absolute atomic E-state index is 3.94. The van der Waals surface area contributed by atoms with Gasteiger partial charge < -0.3 is 0 Å². The van der Waals surface area contributed by atoms with Gasteiger partial charge in [-0.25, -0.2) is 0 Å². The van der Waals surface area contributed by atoms with Crippen molar-refractivity contribution in [3.63, 3.8) is 0 Å². The predicted molar refractivity (Wildman–Crippen MR) is 66.9 cm³/mol.